The van der Waals surface area contributed by atoms with Crippen LogP contribution in [0.1, 0.15) is 16.8 Å². The summed E-state index contributed by atoms with van der Waals surface area (Å²) >= 11 is 0. The zero-order valence-corrected chi connectivity index (χ0v) is 14.7. The average molecular weight is 341 g/mol. The molecule has 4 aromatic rings. The van der Waals surface area contributed by atoms with Gasteiger partial charge in [-0.1, -0.05) is 24.8 Å². The van der Waals surface area contributed by atoms with E-state index in [1.165, 1.54) is 0 Å². The smallest absolute Gasteiger partial charge is 0.116 e. The first-order chi connectivity index (χ1) is 12.7. The average Bonchev–Trinajstić information content (AvgIpc) is 3.23. The molecule has 0 fully saturated rings. The van der Waals surface area contributed by atoms with E-state index in [0.717, 1.165) is 50.4 Å². The van der Waals surface area contributed by atoms with Crippen LogP contribution in [0.4, 0.5) is 0 Å². The van der Waals surface area contributed by atoms with Crippen LogP contribution in [0, 0.1) is 13.8 Å². The number of pyridine rings is 2. The van der Waals surface area contributed by atoms with Crippen LogP contribution in [0.2, 0.25) is 0 Å². The third kappa shape index (κ3) is 2.73. The molecular formula is C21H19N5. The molecule has 5 heteroatoms. The normalized spacial score (nSPS) is 11.5. The van der Waals surface area contributed by atoms with E-state index in [0.29, 0.717) is 0 Å². The van der Waals surface area contributed by atoms with Crippen molar-refractivity contribution in [2.45, 2.75) is 13.8 Å². The minimum Gasteiger partial charge on any atom is -0.357 e. The molecule has 4 rings (SSSR count). The number of hydrogen-bond donors (Lipinski definition) is 2. The van der Waals surface area contributed by atoms with Crippen LogP contribution in [-0.2, 0) is 0 Å². The van der Waals surface area contributed by atoms with Gasteiger partial charge in [-0.15, -0.1) is 0 Å². The maximum absolute atomic E-state index is 4.56. The lowest BCUT2D eigenvalue weighted by Crippen LogP contribution is -1.88. The first-order valence-electron chi connectivity index (χ1n) is 8.41. The second-order valence-corrected chi connectivity index (χ2v) is 6.24. The summed E-state index contributed by atoms with van der Waals surface area (Å²) in [5.74, 6) is 0. The summed E-state index contributed by atoms with van der Waals surface area (Å²) in [5, 5.41) is 8.60. The first kappa shape index (κ1) is 16.0. The molecule has 0 aromatic carbocycles. The lowest BCUT2D eigenvalue weighted by atomic mass is 10.1. The van der Waals surface area contributed by atoms with Crippen molar-refractivity contribution < 1.29 is 0 Å². The molecule has 4 aromatic heterocycles. The Morgan fingerprint density at radius 1 is 1.15 bits per heavy atom. The van der Waals surface area contributed by atoms with Gasteiger partial charge in [0, 0.05) is 29.0 Å². The summed E-state index contributed by atoms with van der Waals surface area (Å²) in [5.41, 5.74) is 8.02. The van der Waals surface area contributed by atoms with Gasteiger partial charge in [0.05, 0.1) is 23.1 Å². The largest absolute Gasteiger partial charge is 0.357 e. The molecule has 0 saturated heterocycles. The number of aromatic nitrogens is 5. The Hall–Kier alpha value is -3.47. The van der Waals surface area contributed by atoms with Crippen molar-refractivity contribution in [2.75, 3.05) is 0 Å². The zero-order chi connectivity index (χ0) is 18.1. The van der Waals surface area contributed by atoms with E-state index in [4.69, 9.17) is 0 Å². The molecule has 4 heterocycles. The summed E-state index contributed by atoms with van der Waals surface area (Å²) in [4.78, 5) is 12.2. The Morgan fingerprint density at radius 3 is 2.85 bits per heavy atom. The van der Waals surface area contributed by atoms with Crippen LogP contribution in [0.25, 0.3) is 39.6 Å². The van der Waals surface area contributed by atoms with Crippen molar-refractivity contribution in [1.82, 2.24) is 25.1 Å². The number of nitrogens with one attached hydrogen (secondary N) is 2. The molecule has 5 nitrogen and oxygen atoms in total. The molecule has 2 N–H and O–H groups in total. The second-order valence-electron chi connectivity index (χ2n) is 6.24. The van der Waals surface area contributed by atoms with Crippen molar-refractivity contribution in [3.05, 3.63) is 72.3 Å². The van der Waals surface area contributed by atoms with E-state index in [2.05, 4.69) is 50.8 Å². The lowest BCUT2D eigenvalue weighted by molar-refractivity contribution is 1.11. The third-order valence-electron chi connectivity index (χ3n) is 4.48. The van der Waals surface area contributed by atoms with Gasteiger partial charge in [-0.2, -0.15) is 5.10 Å². The van der Waals surface area contributed by atoms with Crippen molar-refractivity contribution in [1.29, 1.82) is 0 Å². The van der Waals surface area contributed by atoms with Gasteiger partial charge in [0.1, 0.15) is 5.69 Å². The second kappa shape index (κ2) is 6.44. The van der Waals surface area contributed by atoms with E-state index in [1.807, 2.05) is 37.5 Å². The van der Waals surface area contributed by atoms with E-state index in [-0.39, 0.29) is 0 Å². The highest BCUT2D eigenvalue weighted by Crippen LogP contribution is 2.30. The number of rotatable bonds is 4. The van der Waals surface area contributed by atoms with Gasteiger partial charge in [0.25, 0.3) is 0 Å². The molecule has 0 bridgehead atoms. The summed E-state index contributed by atoms with van der Waals surface area (Å²) in [6.45, 7) is 7.83. The van der Waals surface area contributed by atoms with Crippen molar-refractivity contribution in [3.8, 4) is 22.6 Å². The van der Waals surface area contributed by atoms with E-state index in [1.54, 1.807) is 12.3 Å². The molecule has 0 amide bonds. The number of allylic oxidation sites excluding steroid dienone is 2. The third-order valence-corrected chi connectivity index (χ3v) is 4.48. The van der Waals surface area contributed by atoms with Crippen LogP contribution in [-0.4, -0.2) is 25.1 Å². The summed E-state index contributed by atoms with van der Waals surface area (Å²) in [7, 11) is 0. The Kier molecular flexibility index (Phi) is 3.97. The number of aryl methyl sites for hydroxylation is 2. The van der Waals surface area contributed by atoms with Crippen LogP contribution >= 0.6 is 0 Å². The maximum Gasteiger partial charge on any atom is 0.116 e. The Labute approximate surface area is 151 Å². The highest BCUT2D eigenvalue weighted by molar-refractivity contribution is 5.94. The van der Waals surface area contributed by atoms with Gasteiger partial charge < -0.3 is 4.98 Å². The molecule has 0 aliphatic carbocycles. The minimum atomic E-state index is 0.881. The highest BCUT2D eigenvalue weighted by Gasteiger charge is 2.14. The van der Waals surface area contributed by atoms with Gasteiger partial charge in [-0.05, 0) is 43.2 Å². The van der Waals surface area contributed by atoms with Gasteiger partial charge in [-0.3, -0.25) is 15.1 Å². The molecule has 0 spiro atoms. The molecule has 128 valence electrons. The standard InChI is InChI=1S/C21H19N5/c1-4-5-6-15-9-19(24-14(15)3)21-16-10-18(23-12-20(16)25-26-21)17-11-22-8-7-13(17)2/h4-12,24H,1H2,2-3H3,(H,25,26)/b6-5-. The van der Waals surface area contributed by atoms with Gasteiger partial charge in [-0.25, -0.2) is 0 Å². The van der Waals surface area contributed by atoms with Crippen LogP contribution in [0.15, 0.2) is 55.5 Å². The molecule has 0 saturated carbocycles. The molecule has 0 radical (unpaired) electrons. The SMILES string of the molecule is C=C/C=C\c1cc(-c2n[nH]c3cnc(-c4cnccc4C)cc23)[nH]c1C. The number of H-pyrrole nitrogens is 2. The Morgan fingerprint density at radius 2 is 2.04 bits per heavy atom. The van der Waals surface area contributed by atoms with Crippen molar-refractivity contribution in [3.63, 3.8) is 0 Å². The van der Waals surface area contributed by atoms with Gasteiger partial charge in [0.2, 0.25) is 0 Å². The van der Waals surface area contributed by atoms with Gasteiger partial charge >= 0.3 is 0 Å². The summed E-state index contributed by atoms with van der Waals surface area (Å²) in [6, 6.07) is 6.15. The minimum absolute atomic E-state index is 0.881. The molecule has 0 unspecified atom stereocenters. The van der Waals surface area contributed by atoms with E-state index in [9.17, 15) is 0 Å². The van der Waals surface area contributed by atoms with Gasteiger partial charge in [0.15, 0.2) is 0 Å². The fourth-order valence-corrected chi connectivity index (χ4v) is 3.05. The number of nitrogens with zero attached hydrogens (tertiary/aromatic N) is 3. The Bertz CT molecular complexity index is 1130. The molecule has 0 aliphatic heterocycles. The summed E-state index contributed by atoms with van der Waals surface area (Å²) in [6.07, 6.45) is 11.2. The van der Waals surface area contributed by atoms with E-state index >= 15 is 0 Å². The quantitative estimate of drug-likeness (QED) is 0.522. The monoisotopic (exact) mass is 341 g/mol. The summed E-state index contributed by atoms with van der Waals surface area (Å²) < 4.78 is 0. The lowest BCUT2D eigenvalue weighted by Gasteiger charge is -2.04. The number of aromatic amines is 2. The number of hydrogen-bond acceptors (Lipinski definition) is 3. The van der Waals surface area contributed by atoms with Crippen LogP contribution in [0.5, 0.6) is 0 Å². The fraction of sp³-hybridized carbons (Fsp3) is 0.0952. The van der Waals surface area contributed by atoms with Crippen LogP contribution < -0.4 is 0 Å². The zero-order valence-electron chi connectivity index (χ0n) is 14.7. The Balaban J connectivity index is 1.84. The predicted octanol–water partition coefficient (Wildman–Crippen LogP) is 4.83. The maximum atomic E-state index is 4.56. The molecule has 0 aliphatic rings. The van der Waals surface area contributed by atoms with Crippen molar-refractivity contribution in [2.24, 2.45) is 0 Å². The molecule has 26 heavy (non-hydrogen) atoms. The first-order valence-corrected chi connectivity index (χ1v) is 8.41. The highest BCUT2D eigenvalue weighted by atomic mass is 15.1. The van der Waals surface area contributed by atoms with Crippen molar-refractivity contribution >= 4 is 17.0 Å². The van der Waals surface area contributed by atoms with E-state index < -0.39 is 0 Å². The topological polar surface area (TPSA) is 70.2 Å². The molecule has 0 atom stereocenters. The fourth-order valence-electron chi connectivity index (χ4n) is 3.05. The molecular weight excluding hydrogens is 322 g/mol. The van der Waals surface area contributed by atoms with Crippen LogP contribution in [0.3, 0.4) is 0 Å². The predicted molar refractivity (Wildman–Crippen MR) is 106 cm³/mol. The number of fused-ring (bicyclic) bond motifs is 1.